The largest absolute Gasteiger partial charge is 0.319 e. The van der Waals surface area contributed by atoms with Crippen LogP contribution < -0.4 is 0 Å². The minimum Gasteiger partial charge on any atom is -0.319 e. The predicted octanol–water partition coefficient (Wildman–Crippen LogP) is 6.17. The second-order valence-corrected chi connectivity index (χ2v) is 7.52. The summed E-state index contributed by atoms with van der Waals surface area (Å²) in [4.78, 5) is 4.41. The predicted molar refractivity (Wildman–Crippen MR) is 120 cm³/mol. The van der Waals surface area contributed by atoms with Gasteiger partial charge in [-0.05, 0) is 16.7 Å². The normalized spacial score (nSPS) is 12.6. The second-order valence-electron chi connectivity index (χ2n) is 6.64. The molecule has 1 unspecified atom stereocenters. The zero-order chi connectivity index (χ0) is 19.4. The van der Waals surface area contributed by atoms with E-state index in [1.165, 1.54) is 0 Å². The number of imidazole rings is 1. The van der Waals surface area contributed by atoms with Gasteiger partial charge in [0, 0.05) is 10.6 Å². The number of rotatable bonds is 6. The van der Waals surface area contributed by atoms with Crippen molar-refractivity contribution in [2.75, 3.05) is 4.43 Å². The lowest BCUT2D eigenvalue weighted by atomic mass is 9.77. The lowest BCUT2D eigenvalue weighted by Crippen LogP contribution is -2.36. The average molecular weight is 482 g/mol. The van der Waals surface area contributed by atoms with Crippen molar-refractivity contribution in [2.24, 2.45) is 0 Å². The monoisotopic (exact) mass is 482 g/mol. The fourth-order valence-electron chi connectivity index (χ4n) is 3.75. The Balaban J connectivity index is 2.06. The van der Waals surface area contributed by atoms with Crippen LogP contribution in [0.15, 0.2) is 104 Å². The standard InChI is InChI=1S/C24H20FIN2/c25-22(16-26)23-17-28(18-27-23)24(19-10-4-1-5-11-19,20-12-6-2-7-13-20)21-14-8-3-9-15-21/h1-15,17-18,22H,16H2. The number of aromatic nitrogens is 2. The first-order chi connectivity index (χ1) is 13.8. The van der Waals surface area contributed by atoms with E-state index in [0.29, 0.717) is 10.1 Å². The van der Waals surface area contributed by atoms with Crippen LogP contribution in [0.3, 0.4) is 0 Å². The molecule has 0 aliphatic heterocycles. The van der Waals surface area contributed by atoms with Crippen LogP contribution in [0.25, 0.3) is 0 Å². The first-order valence-corrected chi connectivity index (χ1v) is 10.7. The van der Waals surface area contributed by atoms with Crippen molar-refractivity contribution in [3.8, 4) is 0 Å². The molecule has 0 spiro atoms. The van der Waals surface area contributed by atoms with Crippen molar-refractivity contribution in [3.63, 3.8) is 0 Å². The first kappa shape index (κ1) is 18.9. The van der Waals surface area contributed by atoms with Gasteiger partial charge in [0.2, 0.25) is 0 Å². The third-order valence-electron chi connectivity index (χ3n) is 5.02. The summed E-state index contributed by atoms with van der Waals surface area (Å²) in [6.45, 7) is 0. The Morgan fingerprint density at radius 3 is 1.61 bits per heavy atom. The Morgan fingerprint density at radius 1 is 0.786 bits per heavy atom. The van der Waals surface area contributed by atoms with Crippen molar-refractivity contribution in [2.45, 2.75) is 11.7 Å². The molecule has 0 fully saturated rings. The Bertz CT molecular complexity index is 920. The molecule has 0 bridgehead atoms. The van der Waals surface area contributed by atoms with Gasteiger partial charge in [-0.3, -0.25) is 0 Å². The molecule has 4 heteroatoms. The molecule has 0 saturated heterocycles. The van der Waals surface area contributed by atoms with Crippen LogP contribution in [0, 0.1) is 0 Å². The molecule has 28 heavy (non-hydrogen) atoms. The fraction of sp³-hybridized carbons (Fsp3) is 0.125. The van der Waals surface area contributed by atoms with Gasteiger partial charge in [-0.15, -0.1) is 0 Å². The second kappa shape index (κ2) is 8.27. The van der Waals surface area contributed by atoms with E-state index < -0.39 is 11.7 Å². The molecule has 1 heterocycles. The lowest BCUT2D eigenvalue weighted by Gasteiger charge is -2.37. The molecular weight excluding hydrogens is 462 g/mol. The molecule has 0 saturated carbocycles. The summed E-state index contributed by atoms with van der Waals surface area (Å²) in [7, 11) is 0. The number of alkyl halides is 2. The van der Waals surface area contributed by atoms with Gasteiger partial charge >= 0.3 is 0 Å². The molecular formula is C24H20FIN2. The number of nitrogens with zero attached hydrogens (tertiary/aromatic N) is 2. The maximum Gasteiger partial charge on any atom is 0.152 e. The van der Waals surface area contributed by atoms with Crippen LogP contribution in [0.5, 0.6) is 0 Å². The summed E-state index contributed by atoms with van der Waals surface area (Å²) < 4.78 is 16.8. The maximum absolute atomic E-state index is 14.4. The van der Waals surface area contributed by atoms with Gasteiger partial charge in [0.1, 0.15) is 5.54 Å². The van der Waals surface area contributed by atoms with Gasteiger partial charge < -0.3 is 4.57 Å². The molecule has 0 aliphatic carbocycles. The van der Waals surface area contributed by atoms with Crippen LogP contribution in [-0.2, 0) is 5.54 Å². The quantitative estimate of drug-likeness (QED) is 0.183. The van der Waals surface area contributed by atoms with E-state index in [-0.39, 0.29) is 0 Å². The Morgan fingerprint density at radius 2 is 1.21 bits per heavy atom. The van der Waals surface area contributed by atoms with E-state index in [4.69, 9.17) is 0 Å². The Kier molecular flexibility index (Phi) is 5.57. The molecule has 0 N–H and O–H groups in total. The molecule has 4 aromatic rings. The summed E-state index contributed by atoms with van der Waals surface area (Å²) in [6.07, 6.45) is 2.51. The van der Waals surface area contributed by atoms with Gasteiger partial charge in [-0.25, -0.2) is 9.37 Å². The molecule has 140 valence electrons. The van der Waals surface area contributed by atoms with E-state index >= 15 is 0 Å². The Hall–Kier alpha value is -2.47. The fourth-order valence-corrected chi connectivity index (χ4v) is 4.20. The summed E-state index contributed by atoms with van der Waals surface area (Å²) in [5.41, 5.74) is 3.12. The number of halogens is 2. The molecule has 3 aromatic carbocycles. The molecule has 0 amide bonds. The molecule has 4 rings (SSSR count). The number of benzene rings is 3. The first-order valence-electron chi connectivity index (χ1n) is 9.17. The smallest absolute Gasteiger partial charge is 0.152 e. The van der Waals surface area contributed by atoms with E-state index in [9.17, 15) is 4.39 Å². The van der Waals surface area contributed by atoms with Crippen LogP contribution in [-0.4, -0.2) is 14.0 Å². The SMILES string of the molecule is FC(CI)c1cn(C(c2ccccc2)(c2ccccc2)c2ccccc2)cn1. The van der Waals surface area contributed by atoms with E-state index in [2.05, 4.69) is 64.0 Å². The van der Waals surface area contributed by atoms with Crippen molar-refractivity contribution in [3.05, 3.63) is 126 Å². The van der Waals surface area contributed by atoms with Gasteiger partial charge in [0.15, 0.2) is 6.17 Å². The highest BCUT2D eigenvalue weighted by atomic mass is 127. The topological polar surface area (TPSA) is 17.8 Å². The average Bonchev–Trinajstić information content (AvgIpc) is 3.26. The summed E-state index contributed by atoms with van der Waals surface area (Å²) in [5, 5.41) is 0. The van der Waals surface area contributed by atoms with E-state index in [0.717, 1.165) is 16.7 Å². The van der Waals surface area contributed by atoms with E-state index in [1.807, 2.05) is 65.4 Å². The molecule has 2 nitrogen and oxygen atoms in total. The molecule has 0 aliphatic rings. The van der Waals surface area contributed by atoms with Crippen molar-refractivity contribution in [1.82, 2.24) is 9.55 Å². The highest BCUT2D eigenvalue weighted by molar-refractivity contribution is 14.1. The minimum absolute atomic E-state index is 0.379. The molecule has 1 aromatic heterocycles. The third kappa shape index (κ3) is 3.26. The number of hydrogen-bond donors (Lipinski definition) is 0. The zero-order valence-electron chi connectivity index (χ0n) is 15.2. The van der Waals surface area contributed by atoms with Crippen molar-refractivity contribution >= 4 is 22.6 Å². The summed E-state index contributed by atoms with van der Waals surface area (Å²) in [6, 6.07) is 31.0. The number of hydrogen-bond acceptors (Lipinski definition) is 1. The molecule has 1 atom stereocenters. The van der Waals surface area contributed by atoms with Gasteiger partial charge in [-0.1, -0.05) is 114 Å². The van der Waals surface area contributed by atoms with Crippen LogP contribution >= 0.6 is 22.6 Å². The zero-order valence-corrected chi connectivity index (χ0v) is 17.4. The Labute approximate surface area is 178 Å². The summed E-state index contributed by atoms with van der Waals surface area (Å²) >= 11 is 2.06. The van der Waals surface area contributed by atoms with Gasteiger partial charge in [-0.2, -0.15) is 0 Å². The highest BCUT2D eigenvalue weighted by Crippen LogP contribution is 2.41. The van der Waals surface area contributed by atoms with Crippen LogP contribution in [0.4, 0.5) is 4.39 Å². The van der Waals surface area contributed by atoms with Crippen LogP contribution in [0.1, 0.15) is 28.6 Å². The van der Waals surface area contributed by atoms with Gasteiger partial charge in [0.25, 0.3) is 0 Å². The summed E-state index contributed by atoms with van der Waals surface area (Å²) in [5.74, 6) is 0. The van der Waals surface area contributed by atoms with Crippen molar-refractivity contribution < 1.29 is 4.39 Å². The third-order valence-corrected chi connectivity index (χ3v) is 5.79. The lowest BCUT2D eigenvalue weighted by molar-refractivity contribution is 0.377. The maximum atomic E-state index is 14.4. The minimum atomic E-state index is -1.08. The molecule has 0 radical (unpaired) electrons. The van der Waals surface area contributed by atoms with Crippen LogP contribution in [0.2, 0.25) is 0 Å². The van der Waals surface area contributed by atoms with Gasteiger partial charge in [0.05, 0.1) is 12.0 Å². The van der Waals surface area contributed by atoms with Crippen molar-refractivity contribution in [1.29, 1.82) is 0 Å². The van der Waals surface area contributed by atoms with E-state index in [1.54, 1.807) is 6.33 Å². The highest BCUT2D eigenvalue weighted by Gasteiger charge is 2.38.